The van der Waals surface area contributed by atoms with Gasteiger partial charge >= 0.3 is 13.2 Å². The number of hydrogen-bond donors (Lipinski definition) is 1. The molecule has 2 heterocycles. The van der Waals surface area contributed by atoms with Gasteiger partial charge in [-0.25, -0.2) is 4.79 Å². The van der Waals surface area contributed by atoms with Gasteiger partial charge in [-0.05, 0) is 53.9 Å². The van der Waals surface area contributed by atoms with Gasteiger partial charge in [0, 0.05) is 24.5 Å². The molecular weight excluding hydrogens is 402 g/mol. The lowest BCUT2D eigenvalue weighted by molar-refractivity contribution is 0.00578. The molecule has 0 aliphatic carbocycles. The summed E-state index contributed by atoms with van der Waals surface area (Å²) in [5.41, 5.74) is -0.437. The van der Waals surface area contributed by atoms with E-state index in [-0.39, 0.29) is 6.54 Å². The first-order chi connectivity index (χ1) is 12.7. The average Bonchev–Trinajstić information content (AvgIpc) is 2.72. The van der Waals surface area contributed by atoms with Gasteiger partial charge in [-0.1, -0.05) is 29.3 Å². The van der Waals surface area contributed by atoms with Gasteiger partial charge in [0.15, 0.2) is 0 Å². The fourth-order valence-electron chi connectivity index (χ4n) is 2.43. The van der Waals surface area contributed by atoms with Crippen LogP contribution in [0, 0.1) is 0 Å². The number of nitrogens with one attached hydrogen (secondary N) is 1. The molecule has 0 bridgehead atoms. The minimum Gasteiger partial charge on any atom is -0.444 e. The number of amides is 1. The van der Waals surface area contributed by atoms with Gasteiger partial charge in [-0.3, -0.25) is 4.98 Å². The SMILES string of the molecule is CC(C)(C)OC(=O)NCC(=Cc1c(Cl)cncc1Cl)B1OC(C)(C)C(C)(C)O1. The number of rotatable bonds is 4. The monoisotopic (exact) mass is 428 g/mol. The number of pyridine rings is 1. The zero-order valence-corrected chi connectivity index (χ0v) is 18.9. The number of carbonyl (C=O) groups excluding carboxylic acids is 1. The van der Waals surface area contributed by atoms with Crippen molar-refractivity contribution in [3.63, 3.8) is 0 Å². The topological polar surface area (TPSA) is 69.7 Å². The van der Waals surface area contributed by atoms with Crippen LogP contribution in [0.3, 0.4) is 0 Å². The lowest BCUT2D eigenvalue weighted by Crippen LogP contribution is -2.41. The molecule has 1 aliphatic heterocycles. The second kappa shape index (κ2) is 8.23. The minimum atomic E-state index is -0.680. The van der Waals surface area contributed by atoms with Crippen LogP contribution in [0.4, 0.5) is 4.79 Å². The quantitative estimate of drug-likeness (QED) is 0.688. The van der Waals surface area contributed by atoms with E-state index < -0.39 is 30.0 Å². The van der Waals surface area contributed by atoms with E-state index in [4.69, 9.17) is 37.2 Å². The second-order valence-electron chi connectivity index (χ2n) is 8.68. The number of carbonyl (C=O) groups is 1. The van der Waals surface area contributed by atoms with Gasteiger partial charge in [0.25, 0.3) is 0 Å². The molecule has 0 atom stereocenters. The number of hydrogen-bond acceptors (Lipinski definition) is 5. The second-order valence-corrected chi connectivity index (χ2v) is 9.49. The molecular formula is C19H27BCl2N2O4. The Morgan fingerprint density at radius 2 is 1.68 bits per heavy atom. The van der Waals surface area contributed by atoms with Crippen molar-refractivity contribution in [2.24, 2.45) is 0 Å². The van der Waals surface area contributed by atoms with Crippen molar-refractivity contribution >= 4 is 42.5 Å². The molecule has 1 amide bonds. The molecule has 2 rings (SSSR count). The molecule has 28 heavy (non-hydrogen) atoms. The molecule has 1 aromatic heterocycles. The van der Waals surface area contributed by atoms with E-state index in [2.05, 4.69) is 10.3 Å². The molecule has 1 fully saturated rings. The van der Waals surface area contributed by atoms with E-state index in [1.165, 1.54) is 12.4 Å². The molecule has 0 spiro atoms. The fourth-order valence-corrected chi connectivity index (χ4v) is 2.90. The molecule has 1 N–H and O–H groups in total. The molecule has 0 aromatic carbocycles. The third-order valence-electron chi connectivity index (χ3n) is 4.61. The van der Waals surface area contributed by atoms with E-state index in [0.29, 0.717) is 21.1 Å². The highest BCUT2D eigenvalue weighted by Crippen LogP contribution is 2.39. The Morgan fingerprint density at radius 1 is 1.18 bits per heavy atom. The summed E-state index contributed by atoms with van der Waals surface area (Å²) in [7, 11) is -0.680. The largest absolute Gasteiger partial charge is 0.492 e. The van der Waals surface area contributed by atoms with E-state index in [9.17, 15) is 4.79 Å². The molecule has 0 unspecified atom stereocenters. The molecule has 154 valence electrons. The normalized spacial score (nSPS) is 18.9. The third kappa shape index (κ3) is 5.63. The Bertz CT molecular complexity index is 739. The maximum atomic E-state index is 12.1. The van der Waals surface area contributed by atoms with Crippen molar-refractivity contribution in [3.05, 3.63) is 33.5 Å². The number of aromatic nitrogens is 1. The summed E-state index contributed by atoms with van der Waals surface area (Å²) in [6.45, 7) is 13.4. The van der Waals surface area contributed by atoms with Crippen molar-refractivity contribution in [3.8, 4) is 0 Å². The molecule has 1 aromatic rings. The van der Waals surface area contributed by atoms with Crippen LogP contribution in [0.1, 0.15) is 54.0 Å². The number of alkyl carbamates (subject to hydrolysis) is 1. The van der Waals surface area contributed by atoms with Crippen LogP contribution >= 0.6 is 23.2 Å². The van der Waals surface area contributed by atoms with Crippen LogP contribution < -0.4 is 5.32 Å². The van der Waals surface area contributed by atoms with Gasteiger partial charge in [0.1, 0.15) is 5.60 Å². The van der Waals surface area contributed by atoms with Gasteiger partial charge in [0.05, 0.1) is 21.2 Å². The van der Waals surface area contributed by atoms with Crippen molar-refractivity contribution in [1.82, 2.24) is 10.3 Å². The van der Waals surface area contributed by atoms with Crippen molar-refractivity contribution in [1.29, 1.82) is 0 Å². The zero-order valence-electron chi connectivity index (χ0n) is 17.4. The summed E-state index contributed by atoms with van der Waals surface area (Å²) in [5, 5.41) is 3.51. The molecule has 6 nitrogen and oxygen atoms in total. The Hall–Kier alpha value is -1.28. The molecule has 0 saturated carbocycles. The molecule has 1 aliphatic rings. The van der Waals surface area contributed by atoms with Crippen LogP contribution in [0.2, 0.25) is 10.0 Å². The summed E-state index contributed by atoms with van der Waals surface area (Å²) in [5.74, 6) is 0. The smallest absolute Gasteiger partial charge is 0.444 e. The van der Waals surface area contributed by atoms with Crippen LogP contribution in [0.5, 0.6) is 0 Å². The van der Waals surface area contributed by atoms with Crippen molar-refractivity contribution in [2.75, 3.05) is 6.54 Å². The minimum absolute atomic E-state index is 0.140. The first kappa shape index (κ1) is 23.0. The summed E-state index contributed by atoms with van der Waals surface area (Å²) < 4.78 is 17.6. The fraction of sp³-hybridized carbons (Fsp3) is 0.579. The van der Waals surface area contributed by atoms with E-state index in [0.717, 1.165) is 0 Å². The van der Waals surface area contributed by atoms with E-state index in [1.54, 1.807) is 26.8 Å². The van der Waals surface area contributed by atoms with Gasteiger partial charge in [-0.2, -0.15) is 0 Å². The zero-order chi connectivity index (χ0) is 21.3. The van der Waals surface area contributed by atoms with Crippen LogP contribution in [0.15, 0.2) is 17.9 Å². The van der Waals surface area contributed by atoms with Crippen LogP contribution in [0.25, 0.3) is 6.08 Å². The first-order valence-corrected chi connectivity index (χ1v) is 9.79. The first-order valence-electron chi connectivity index (χ1n) is 9.04. The lowest BCUT2D eigenvalue weighted by atomic mass is 9.77. The highest BCUT2D eigenvalue weighted by molar-refractivity contribution is 6.56. The summed E-state index contributed by atoms with van der Waals surface area (Å²) in [6, 6.07) is 0. The lowest BCUT2D eigenvalue weighted by Gasteiger charge is -2.32. The van der Waals surface area contributed by atoms with Crippen LogP contribution in [-0.4, -0.2) is 41.5 Å². The highest BCUT2D eigenvalue weighted by Gasteiger charge is 2.52. The molecule has 0 radical (unpaired) electrons. The van der Waals surface area contributed by atoms with Crippen molar-refractivity contribution < 1.29 is 18.8 Å². The maximum absolute atomic E-state index is 12.1. The van der Waals surface area contributed by atoms with Crippen LogP contribution in [-0.2, 0) is 14.0 Å². The maximum Gasteiger partial charge on any atom is 0.492 e. The Labute approximate surface area is 177 Å². The number of nitrogens with zero attached hydrogens (tertiary/aromatic N) is 1. The van der Waals surface area contributed by atoms with Gasteiger partial charge in [0.2, 0.25) is 0 Å². The Morgan fingerprint density at radius 3 is 2.14 bits per heavy atom. The number of halogens is 2. The van der Waals surface area contributed by atoms with E-state index >= 15 is 0 Å². The summed E-state index contributed by atoms with van der Waals surface area (Å²) >= 11 is 12.5. The predicted molar refractivity (Wildman–Crippen MR) is 113 cm³/mol. The average molecular weight is 429 g/mol. The number of ether oxygens (including phenoxy) is 1. The van der Waals surface area contributed by atoms with Gasteiger partial charge < -0.3 is 19.4 Å². The van der Waals surface area contributed by atoms with E-state index in [1.807, 2.05) is 27.7 Å². The van der Waals surface area contributed by atoms with Crippen molar-refractivity contribution in [2.45, 2.75) is 65.3 Å². The Balaban J connectivity index is 2.32. The molecule has 1 saturated heterocycles. The Kier molecular flexibility index (Phi) is 6.76. The molecule has 9 heteroatoms. The summed E-state index contributed by atoms with van der Waals surface area (Å²) in [4.78, 5) is 16.1. The highest BCUT2D eigenvalue weighted by atomic mass is 35.5. The standard InChI is InChI=1S/C19H27BCl2N2O4/c1-17(2,3)26-16(25)24-9-12(8-13-14(21)10-23-11-15(13)22)20-27-18(4,5)19(6,7)28-20/h8,10-11H,9H2,1-7H3,(H,24,25). The van der Waals surface area contributed by atoms with Gasteiger partial charge in [-0.15, -0.1) is 0 Å². The third-order valence-corrected chi connectivity index (χ3v) is 5.21. The summed E-state index contributed by atoms with van der Waals surface area (Å²) in [6.07, 6.45) is 4.22. The predicted octanol–water partition coefficient (Wildman–Crippen LogP) is 4.93.